The molecule has 0 amide bonds. The highest BCUT2D eigenvalue weighted by Gasteiger charge is 2.47. The normalized spacial score (nSPS) is 25.5. The van der Waals surface area contributed by atoms with Gasteiger partial charge in [-0.2, -0.15) is 0 Å². The van der Waals surface area contributed by atoms with E-state index in [1.54, 1.807) is 14.0 Å². The lowest BCUT2D eigenvalue weighted by atomic mass is 9.62. The summed E-state index contributed by atoms with van der Waals surface area (Å²) in [6.07, 6.45) is 5.20. The van der Waals surface area contributed by atoms with Gasteiger partial charge in [0.05, 0.1) is 18.9 Å². The Kier molecular flexibility index (Phi) is 4.28. The van der Waals surface area contributed by atoms with Crippen LogP contribution in [0.2, 0.25) is 0 Å². The maximum absolute atomic E-state index is 11.9. The third kappa shape index (κ3) is 2.56. The molecule has 0 bridgehead atoms. The van der Waals surface area contributed by atoms with Crippen molar-refractivity contribution in [2.75, 3.05) is 7.11 Å². The van der Waals surface area contributed by atoms with Gasteiger partial charge in [-0.05, 0) is 73.8 Å². The molecule has 5 heteroatoms. The summed E-state index contributed by atoms with van der Waals surface area (Å²) in [6.45, 7) is 1.68. The van der Waals surface area contributed by atoms with Crippen molar-refractivity contribution >= 4 is 11.9 Å². The number of hydrogen-bond acceptors (Lipinski definition) is 3. The molecule has 2 unspecified atom stereocenters. The van der Waals surface area contributed by atoms with E-state index < -0.39 is 23.3 Å². The quantitative estimate of drug-likeness (QED) is 0.885. The van der Waals surface area contributed by atoms with Gasteiger partial charge in [0.2, 0.25) is 0 Å². The van der Waals surface area contributed by atoms with Crippen molar-refractivity contribution in [1.82, 2.24) is 0 Å². The zero-order valence-corrected chi connectivity index (χ0v) is 14.2. The molecule has 0 saturated heterocycles. The molecule has 0 saturated carbocycles. The van der Waals surface area contributed by atoms with Gasteiger partial charge in [0.25, 0.3) is 0 Å². The molecule has 2 atom stereocenters. The van der Waals surface area contributed by atoms with E-state index >= 15 is 0 Å². The fraction of sp³-hybridized carbons (Fsp3) is 0.579. The highest BCUT2D eigenvalue weighted by atomic mass is 16.5. The van der Waals surface area contributed by atoms with Crippen LogP contribution >= 0.6 is 0 Å². The number of aliphatic carboxylic acids is 2. The van der Waals surface area contributed by atoms with Crippen LogP contribution < -0.4 is 4.74 Å². The predicted octanol–water partition coefficient (Wildman–Crippen LogP) is 3.17. The minimum Gasteiger partial charge on any atom is -0.496 e. The van der Waals surface area contributed by atoms with Crippen LogP contribution in [-0.2, 0) is 28.9 Å². The Morgan fingerprint density at radius 2 is 1.83 bits per heavy atom. The van der Waals surface area contributed by atoms with Crippen molar-refractivity contribution in [3.05, 3.63) is 28.3 Å². The second-order valence-corrected chi connectivity index (χ2v) is 7.18. The predicted molar refractivity (Wildman–Crippen MR) is 88.7 cm³/mol. The molecule has 0 spiro atoms. The smallest absolute Gasteiger partial charge is 0.309 e. The highest BCUT2D eigenvalue weighted by molar-refractivity contribution is 5.79. The van der Waals surface area contributed by atoms with Crippen LogP contribution in [0.3, 0.4) is 0 Å². The van der Waals surface area contributed by atoms with Gasteiger partial charge in [0.1, 0.15) is 5.75 Å². The Hall–Kier alpha value is -2.04. The van der Waals surface area contributed by atoms with E-state index in [1.165, 1.54) is 16.7 Å². The first-order valence-corrected chi connectivity index (χ1v) is 8.55. The van der Waals surface area contributed by atoms with E-state index in [-0.39, 0.29) is 6.42 Å². The van der Waals surface area contributed by atoms with Crippen molar-refractivity contribution in [3.8, 4) is 5.75 Å². The van der Waals surface area contributed by atoms with E-state index in [9.17, 15) is 19.8 Å². The van der Waals surface area contributed by atoms with Crippen LogP contribution in [0.5, 0.6) is 5.75 Å². The number of benzene rings is 1. The number of methoxy groups -OCH3 is 1. The lowest BCUT2D eigenvalue weighted by molar-refractivity contribution is -0.151. The Bertz CT molecular complexity index is 693. The van der Waals surface area contributed by atoms with Gasteiger partial charge in [-0.3, -0.25) is 9.59 Å². The molecule has 2 N–H and O–H groups in total. The van der Waals surface area contributed by atoms with Crippen molar-refractivity contribution in [2.45, 2.75) is 57.8 Å². The molecular formula is C19H24O5. The van der Waals surface area contributed by atoms with E-state index in [4.69, 9.17) is 4.74 Å². The van der Waals surface area contributed by atoms with Crippen molar-refractivity contribution < 1.29 is 24.5 Å². The number of fused-ring (bicyclic) bond motifs is 3. The van der Waals surface area contributed by atoms with E-state index in [1.807, 2.05) is 6.07 Å². The van der Waals surface area contributed by atoms with E-state index in [0.29, 0.717) is 12.8 Å². The highest BCUT2D eigenvalue weighted by Crippen LogP contribution is 2.51. The summed E-state index contributed by atoms with van der Waals surface area (Å²) in [5, 5.41) is 19.1. The molecule has 130 valence electrons. The monoisotopic (exact) mass is 332 g/mol. The fourth-order valence-electron chi connectivity index (χ4n) is 4.46. The Balaban J connectivity index is 2.20. The number of carbonyl (C=O) groups is 2. The molecule has 0 heterocycles. The van der Waals surface area contributed by atoms with Crippen LogP contribution in [0, 0.1) is 5.41 Å². The topological polar surface area (TPSA) is 83.8 Å². The van der Waals surface area contributed by atoms with Crippen LogP contribution in [0.4, 0.5) is 0 Å². The van der Waals surface area contributed by atoms with Gasteiger partial charge < -0.3 is 14.9 Å². The van der Waals surface area contributed by atoms with Gasteiger partial charge in [0.15, 0.2) is 0 Å². The van der Waals surface area contributed by atoms with Gasteiger partial charge in [-0.1, -0.05) is 0 Å². The molecule has 24 heavy (non-hydrogen) atoms. The third-order valence-corrected chi connectivity index (χ3v) is 5.89. The standard InChI is InChI=1S/C19H24O5/c1-19(18(22)23)8-7-12-11-5-3-4-6-13(11)16(24-2)9-14(12)15(19)10-17(20)21/h9,15H,3-8,10H2,1-2H3,(H,20,21)(H,22,23). The maximum Gasteiger partial charge on any atom is 0.309 e. The summed E-state index contributed by atoms with van der Waals surface area (Å²) in [6, 6.07) is 1.91. The number of ether oxygens (including phenoxy) is 1. The van der Waals surface area contributed by atoms with Crippen LogP contribution in [-0.4, -0.2) is 29.3 Å². The summed E-state index contributed by atoms with van der Waals surface area (Å²) in [4.78, 5) is 23.3. The molecule has 1 aromatic rings. The van der Waals surface area contributed by atoms with Gasteiger partial charge in [-0.15, -0.1) is 0 Å². The Morgan fingerprint density at radius 3 is 2.42 bits per heavy atom. The molecule has 0 aliphatic heterocycles. The number of hydrogen-bond donors (Lipinski definition) is 2. The van der Waals surface area contributed by atoms with Crippen molar-refractivity contribution in [1.29, 1.82) is 0 Å². The van der Waals surface area contributed by atoms with Crippen molar-refractivity contribution in [2.24, 2.45) is 5.41 Å². The lowest BCUT2D eigenvalue weighted by Crippen LogP contribution is -2.40. The molecule has 2 aliphatic carbocycles. The summed E-state index contributed by atoms with van der Waals surface area (Å²) in [5.41, 5.74) is 3.50. The maximum atomic E-state index is 11.9. The second kappa shape index (κ2) is 6.11. The largest absolute Gasteiger partial charge is 0.496 e. The SMILES string of the molecule is COc1cc2c(c3c1CCCC3)CCC(C)(C(=O)O)C2CC(=O)O. The van der Waals surface area contributed by atoms with Crippen LogP contribution in [0.25, 0.3) is 0 Å². The zero-order valence-electron chi connectivity index (χ0n) is 14.2. The first-order valence-electron chi connectivity index (χ1n) is 8.55. The van der Waals surface area contributed by atoms with Gasteiger partial charge in [0, 0.05) is 5.92 Å². The number of rotatable bonds is 4. The molecule has 0 radical (unpaired) electrons. The first kappa shape index (κ1) is 16.8. The van der Waals surface area contributed by atoms with E-state index in [0.717, 1.165) is 37.0 Å². The molecule has 0 fully saturated rings. The summed E-state index contributed by atoms with van der Waals surface area (Å²) >= 11 is 0. The number of carboxylic acids is 2. The Labute approximate surface area is 141 Å². The zero-order chi connectivity index (χ0) is 17.5. The number of carboxylic acid groups (broad SMARTS) is 2. The molecule has 3 rings (SSSR count). The average Bonchev–Trinajstić information content (AvgIpc) is 2.56. The average molecular weight is 332 g/mol. The molecule has 2 aliphatic rings. The molecule has 0 aromatic heterocycles. The second-order valence-electron chi connectivity index (χ2n) is 7.18. The van der Waals surface area contributed by atoms with Crippen LogP contribution in [0.1, 0.15) is 60.8 Å². The minimum absolute atomic E-state index is 0.169. The van der Waals surface area contributed by atoms with Crippen molar-refractivity contribution in [3.63, 3.8) is 0 Å². The molecular weight excluding hydrogens is 308 g/mol. The van der Waals surface area contributed by atoms with Gasteiger partial charge in [-0.25, -0.2) is 0 Å². The minimum atomic E-state index is -1.06. The van der Waals surface area contributed by atoms with Crippen LogP contribution in [0.15, 0.2) is 6.07 Å². The lowest BCUT2D eigenvalue weighted by Gasteiger charge is -2.41. The summed E-state index contributed by atoms with van der Waals surface area (Å²) < 4.78 is 5.57. The van der Waals surface area contributed by atoms with Gasteiger partial charge >= 0.3 is 11.9 Å². The third-order valence-electron chi connectivity index (χ3n) is 5.89. The fourth-order valence-corrected chi connectivity index (χ4v) is 4.46. The molecule has 1 aromatic carbocycles. The summed E-state index contributed by atoms with van der Waals surface area (Å²) in [7, 11) is 1.63. The molecule has 5 nitrogen and oxygen atoms in total. The Morgan fingerprint density at radius 1 is 1.17 bits per heavy atom. The summed E-state index contributed by atoms with van der Waals surface area (Å²) in [5.74, 6) is -1.63. The first-order chi connectivity index (χ1) is 11.4. The van der Waals surface area contributed by atoms with E-state index in [2.05, 4.69) is 0 Å².